The van der Waals surface area contributed by atoms with E-state index in [-0.39, 0.29) is 0 Å². The van der Waals surface area contributed by atoms with Crippen molar-refractivity contribution >= 4 is 0 Å². The van der Waals surface area contributed by atoms with E-state index < -0.39 is 0 Å². The average molecular weight is 253 g/mol. The van der Waals surface area contributed by atoms with Crippen molar-refractivity contribution in [1.29, 1.82) is 0 Å². The van der Waals surface area contributed by atoms with Crippen LogP contribution in [0.5, 0.6) is 0 Å². The van der Waals surface area contributed by atoms with Crippen molar-refractivity contribution in [3.05, 3.63) is 0 Å². The highest BCUT2D eigenvalue weighted by Gasteiger charge is 2.41. The summed E-state index contributed by atoms with van der Waals surface area (Å²) in [6.45, 7) is 1.19. The van der Waals surface area contributed by atoms with Crippen molar-refractivity contribution in [2.75, 3.05) is 27.7 Å². The molecule has 0 bridgehead atoms. The smallest absolute Gasteiger partial charge is 0.0330 e. The number of hydrogen-bond acceptors (Lipinski definition) is 3. The van der Waals surface area contributed by atoms with Crippen LogP contribution in [0.3, 0.4) is 0 Å². The quantitative estimate of drug-likeness (QED) is 0.779. The standard InChI is InChI=1S/C15H31N3/c1-17(2)15(10-7-11-15)12-18(3)14-9-6-4-5-8-13(14)16/h13-14H,4-12,16H2,1-3H3. The van der Waals surface area contributed by atoms with Crippen molar-refractivity contribution in [3.8, 4) is 0 Å². The van der Waals surface area contributed by atoms with E-state index in [0.29, 0.717) is 17.6 Å². The molecule has 2 aliphatic rings. The lowest BCUT2D eigenvalue weighted by molar-refractivity contribution is 0.0117. The molecule has 0 aromatic rings. The highest BCUT2D eigenvalue weighted by molar-refractivity contribution is 4.99. The van der Waals surface area contributed by atoms with Crippen LogP contribution < -0.4 is 5.73 Å². The Morgan fingerprint density at radius 1 is 1.00 bits per heavy atom. The monoisotopic (exact) mass is 253 g/mol. The van der Waals surface area contributed by atoms with Crippen molar-refractivity contribution < 1.29 is 0 Å². The third-order valence-corrected chi connectivity index (χ3v) is 5.37. The molecule has 3 heteroatoms. The van der Waals surface area contributed by atoms with Crippen LogP contribution in [0.1, 0.15) is 51.4 Å². The summed E-state index contributed by atoms with van der Waals surface area (Å²) in [5.41, 5.74) is 6.81. The molecular formula is C15H31N3. The predicted octanol–water partition coefficient (Wildman–Crippen LogP) is 2.06. The lowest BCUT2D eigenvalue weighted by Gasteiger charge is -2.51. The van der Waals surface area contributed by atoms with Crippen molar-refractivity contribution in [2.45, 2.75) is 69.0 Å². The molecule has 0 radical (unpaired) electrons. The second-order valence-electron chi connectivity index (χ2n) is 6.76. The van der Waals surface area contributed by atoms with Crippen LogP contribution in [0.2, 0.25) is 0 Å². The number of hydrogen-bond donors (Lipinski definition) is 1. The summed E-state index contributed by atoms with van der Waals surface area (Å²) in [5.74, 6) is 0. The number of rotatable bonds is 4. The fourth-order valence-corrected chi connectivity index (χ4v) is 3.78. The molecule has 18 heavy (non-hydrogen) atoms. The fourth-order valence-electron chi connectivity index (χ4n) is 3.78. The van der Waals surface area contributed by atoms with Crippen LogP contribution in [0, 0.1) is 0 Å². The maximum Gasteiger partial charge on any atom is 0.0330 e. The normalized spacial score (nSPS) is 32.3. The van der Waals surface area contributed by atoms with E-state index >= 15 is 0 Å². The SMILES string of the molecule is CN(CC1(N(C)C)CCC1)C1CCCCCC1N. The predicted molar refractivity (Wildman–Crippen MR) is 77.7 cm³/mol. The molecule has 0 spiro atoms. The summed E-state index contributed by atoms with van der Waals surface area (Å²) in [6, 6.07) is 0.988. The van der Waals surface area contributed by atoms with Gasteiger partial charge in [-0.3, -0.25) is 0 Å². The molecule has 2 aliphatic carbocycles. The Bertz CT molecular complexity index is 260. The van der Waals surface area contributed by atoms with Crippen LogP contribution in [-0.4, -0.2) is 55.1 Å². The van der Waals surface area contributed by atoms with E-state index in [1.807, 2.05) is 0 Å². The molecule has 0 saturated heterocycles. The lowest BCUT2D eigenvalue weighted by Crippen LogP contribution is -2.59. The van der Waals surface area contributed by atoms with Gasteiger partial charge in [-0.05, 0) is 53.2 Å². The first-order valence-corrected chi connectivity index (χ1v) is 7.68. The Hall–Kier alpha value is -0.120. The zero-order valence-electron chi connectivity index (χ0n) is 12.5. The number of nitrogens with zero attached hydrogens (tertiary/aromatic N) is 2. The van der Waals surface area contributed by atoms with E-state index in [4.69, 9.17) is 5.73 Å². The Labute approximate surface area is 113 Å². The van der Waals surface area contributed by atoms with E-state index in [9.17, 15) is 0 Å². The van der Waals surface area contributed by atoms with Crippen LogP contribution in [-0.2, 0) is 0 Å². The molecule has 2 rings (SSSR count). The molecule has 2 unspecified atom stereocenters. The molecule has 106 valence electrons. The minimum Gasteiger partial charge on any atom is -0.326 e. The van der Waals surface area contributed by atoms with Crippen molar-refractivity contribution in [2.24, 2.45) is 5.73 Å². The minimum atomic E-state index is 0.386. The van der Waals surface area contributed by atoms with Gasteiger partial charge in [-0.2, -0.15) is 0 Å². The van der Waals surface area contributed by atoms with Gasteiger partial charge in [0.2, 0.25) is 0 Å². The van der Waals surface area contributed by atoms with Crippen LogP contribution in [0.25, 0.3) is 0 Å². The summed E-state index contributed by atoms with van der Waals surface area (Å²) in [6.07, 6.45) is 10.7. The molecule has 0 amide bonds. The van der Waals surface area contributed by atoms with Gasteiger partial charge in [-0.15, -0.1) is 0 Å². The third-order valence-electron chi connectivity index (χ3n) is 5.37. The first kappa shape index (κ1) is 14.3. The summed E-state index contributed by atoms with van der Waals surface area (Å²) in [7, 11) is 6.76. The van der Waals surface area contributed by atoms with Gasteiger partial charge in [0.05, 0.1) is 0 Å². The third kappa shape index (κ3) is 2.89. The Balaban J connectivity index is 1.95. The van der Waals surface area contributed by atoms with Gasteiger partial charge in [0.1, 0.15) is 0 Å². The Morgan fingerprint density at radius 2 is 1.67 bits per heavy atom. The summed E-state index contributed by atoms with van der Waals surface area (Å²) < 4.78 is 0. The van der Waals surface area contributed by atoms with Gasteiger partial charge >= 0.3 is 0 Å². The van der Waals surface area contributed by atoms with Gasteiger partial charge in [-0.25, -0.2) is 0 Å². The van der Waals surface area contributed by atoms with Gasteiger partial charge in [0, 0.05) is 24.2 Å². The Morgan fingerprint density at radius 3 is 2.22 bits per heavy atom. The number of likely N-dealkylation sites (N-methyl/N-ethyl adjacent to an activating group) is 2. The van der Waals surface area contributed by atoms with Crippen LogP contribution >= 0.6 is 0 Å². The highest BCUT2D eigenvalue weighted by atomic mass is 15.2. The topological polar surface area (TPSA) is 32.5 Å². The summed E-state index contributed by atoms with van der Waals surface area (Å²) in [4.78, 5) is 5.00. The summed E-state index contributed by atoms with van der Waals surface area (Å²) >= 11 is 0. The first-order chi connectivity index (χ1) is 8.55. The first-order valence-electron chi connectivity index (χ1n) is 7.68. The molecule has 2 saturated carbocycles. The molecule has 2 fully saturated rings. The van der Waals surface area contributed by atoms with E-state index in [1.165, 1.54) is 57.9 Å². The zero-order chi connectivity index (χ0) is 13.2. The molecule has 0 aliphatic heterocycles. The molecule has 2 atom stereocenters. The largest absolute Gasteiger partial charge is 0.326 e. The molecule has 3 nitrogen and oxygen atoms in total. The summed E-state index contributed by atoms with van der Waals surface area (Å²) in [5, 5.41) is 0. The molecule has 0 heterocycles. The van der Waals surface area contributed by atoms with Crippen LogP contribution in [0.15, 0.2) is 0 Å². The second kappa shape index (κ2) is 5.89. The zero-order valence-corrected chi connectivity index (χ0v) is 12.5. The fraction of sp³-hybridized carbons (Fsp3) is 1.00. The lowest BCUT2D eigenvalue weighted by atomic mass is 9.75. The van der Waals surface area contributed by atoms with Gasteiger partial charge in [0.25, 0.3) is 0 Å². The van der Waals surface area contributed by atoms with Gasteiger partial charge in [-0.1, -0.05) is 19.3 Å². The average Bonchev–Trinajstić information content (AvgIpc) is 2.47. The van der Waals surface area contributed by atoms with Gasteiger partial charge < -0.3 is 15.5 Å². The highest BCUT2D eigenvalue weighted by Crippen LogP contribution is 2.37. The molecular weight excluding hydrogens is 222 g/mol. The van der Waals surface area contributed by atoms with E-state index in [1.54, 1.807) is 0 Å². The number of nitrogens with two attached hydrogens (primary N) is 1. The van der Waals surface area contributed by atoms with Crippen molar-refractivity contribution in [1.82, 2.24) is 9.80 Å². The van der Waals surface area contributed by atoms with E-state index in [0.717, 1.165) is 0 Å². The maximum absolute atomic E-state index is 6.38. The van der Waals surface area contributed by atoms with Crippen molar-refractivity contribution in [3.63, 3.8) is 0 Å². The van der Waals surface area contributed by atoms with Gasteiger partial charge in [0.15, 0.2) is 0 Å². The Kier molecular flexibility index (Phi) is 4.68. The maximum atomic E-state index is 6.38. The molecule has 2 N–H and O–H groups in total. The molecule has 0 aromatic heterocycles. The molecule has 0 aromatic carbocycles. The minimum absolute atomic E-state index is 0.386. The van der Waals surface area contributed by atoms with Crippen LogP contribution in [0.4, 0.5) is 0 Å². The second-order valence-corrected chi connectivity index (χ2v) is 6.76. The van der Waals surface area contributed by atoms with E-state index in [2.05, 4.69) is 30.9 Å².